The minimum atomic E-state index is -0.596. The van der Waals surface area contributed by atoms with Crippen molar-refractivity contribution >= 4 is 16.9 Å². The smallest absolute Gasteiger partial charge is 0.308 e. The summed E-state index contributed by atoms with van der Waals surface area (Å²) in [5.74, 6) is -0.474. The fraction of sp³-hybridized carbons (Fsp3) is 0.273. The molecular weight excluding hydrogens is 358 g/mol. The molecule has 0 radical (unpaired) electrons. The number of fused-ring (bicyclic) bond motifs is 1. The number of carbonyl (C=O) groups excluding carboxylic acids is 1. The van der Waals surface area contributed by atoms with Crippen molar-refractivity contribution in [2.75, 3.05) is 0 Å². The number of aryl methyl sites for hydroxylation is 1. The van der Waals surface area contributed by atoms with Crippen molar-refractivity contribution in [1.29, 1.82) is 0 Å². The summed E-state index contributed by atoms with van der Waals surface area (Å²) in [6.45, 7) is 3.93. The zero-order valence-electron chi connectivity index (χ0n) is 16.0. The fourth-order valence-corrected chi connectivity index (χ4v) is 3.03. The Bertz CT molecular complexity index is 1040. The van der Waals surface area contributed by atoms with Gasteiger partial charge in [0.1, 0.15) is 12.4 Å². The van der Waals surface area contributed by atoms with Crippen LogP contribution in [0, 0.1) is 0 Å². The summed E-state index contributed by atoms with van der Waals surface area (Å²) in [5, 5.41) is 10.5. The maximum atomic E-state index is 13.1. The van der Waals surface area contributed by atoms with Crippen LogP contribution in [0.1, 0.15) is 32.3 Å². The van der Waals surface area contributed by atoms with Crippen molar-refractivity contribution in [2.45, 2.75) is 39.8 Å². The number of esters is 1. The van der Waals surface area contributed by atoms with E-state index >= 15 is 0 Å². The Balaban J connectivity index is 2.18. The Morgan fingerprint density at radius 3 is 2.54 bits per heavy atom. The molecule has 2 aromatic carbocycles. The number of aromatic hydroxyl groups is 1. The molecule has 0 fully saturated rings. The molecule has 28 heavy (non-hydrogen) atoms. The Morgan fingerprint density at radius 2 is 1.86 bits per heavy atom. The number of nitrogens with zero attached hydrogens (tertiary/aromatic N) is 1. The molecule has 0 aliphatic rings. The topological polar surface area (TPSA) is 77.8 Å². The van der Waals surface area contributed by atoms with E-state index < -0.39 is 11.5 Å². The van der Waals surface area contributed by atoms with Crippen molar-refractivity contribution in [2.24, 2.45) is 0 Å². The summed E-state index contributed by atoms with van der Waals surface area (Å²) in [4.78, 5) is 24.7. The number of rotatable bonds is 7. The van der Waals surface area contributed by atoms with Gasteiger partial charge in [0.2, 0.25) is 5.75 Å². The number of phenolic OH excluding ortho intramolecular Hbond substituents is 1. The number of benzene rings is 2. The number of unbranched alkanes of at least 4 members (excludes halogenated alkanes) is 1. The van der Waals surface area contributed by atoms with Crippen LogP contribution in [0.2, 0.25) is 0 Å². The van der Waals surface area contributed by atoms with Gasteiger partial charge in [-0.05, 0) is 24.1 Å². The molecule has 3 aromatic rings. The van der Waals surface area contributed by atoms with E-state index in [0.717, 1.165) is 18.4 Å². The van der Waals surface area contributed by atoms with Gasteiger partial charge in [-0.3, -0.25) is 9.59 Å². The largest absolute Gasteiger partial charge is 0.508 e. The number of hydrogen-bond acceptors (Lipinski definition) is 5. The minimum Gasteiger partial charge on any atom is -0.508 e. The molecule has 0 spiro atoms. The second-order valence-electron chi connectivity index (χ2n) is 6.54. The Hall–Kier alpha value is -3.28. The molecule has 0 saturated heterocycles. The van der Waals surface area contributed by atoms with Crippen LogP contribution in [-0.4, -0.2) is 15.6 Å². The van der Waals surface area contributed by atoms with Crippen molar-refractivity contribution < 1.29 is 19.4 Å². The predicted octanol–water partition coefficient (Wildman–Crippen LogP) is 4.01. The van der Waals surface area contributed by atoms with Crippen molar-refractivity contribution in [3.05, 3.63) is 64.4 Å². The van der Waals surface area contributed by atoms with Gasteiger partial charge in [0.15, 0.2) is 5.75 Å². The van der Waals surface area contributed by atoms with E-state index in [1.54, 1.807) is 6.07 Å². The molecule has 0 aliphatic heterocycles. The lowest BCUT2D eigenvalue weighted by molar-refractivity contribution is -0.132. The maximum absolute atomic E-state index is 13.1. The van der Waals surface area contributed by atoms with E-state index in [4.69, 9.17) is 9.47 Å². The van der Waals surface area contributed by atoms with Gasteiger partial charge < -0.3 is 19.1 Å². The molecule has 0 aliphatic carbocycles. The number of aromatic nitrogens is 1. The highest BCUT2D eigenvalue weighted by molar-refractivity contribution is 5.90. The monoisotopic (exact) mass is 381 g/mol. The van der Waals surface area contributed by atoms with E-state index in [-0.39, 0.29) is 23.9 Å². The van der Waals surface area contributed by atoms with Crippen LogP contribution in [0.3, 0.4) is 0 Å². The summed E-state index contributed by atoms with van der Waals surface area (Å²) in [6.07, 6.45) is 1.66. The third-order valence-electron chi connectivity index (χ3n) is 4.37. The van der Waals surface area contributed by atoms with E-state index in [1.165, 1.54) is 23.6 Å². The number of hydrogen-bond donors (Lipinski definition) is 1. The average molecular weight is 381 g/mol. The van der Waals surface area contributed by atoms with E-state index in [0.29, 0.717) is 17.4 Å². The number of phenols is 1. The lowest BCUT2D eigenvalue weighted by Gasteiger charge is -2.18. The van der Waals surface area contributed by atoms with Gasteiger partial charge in [-0.15, -0.1) is 0 Å². The van der Waals surface area contributed by atoms with Crippen LogP contribution in [0.25, 0.3) is 10.9 Å². The molecule has 6 heteroatoms. The molecule has 6 nitrogen and oxygen atoms in total. The number of carbonyl (C=O) groups is 1. The standard InChI is InChI=1S/C22H23NO5/c1-3-4-12-23-19-13-17(25)10-11-18(19)20(21(22(23)26)28-15(2)24)27-14-16-8-6-5-7-9-16/h5-11,13,25H,3-4,12,14H2,1-2H3. The van der Waals surface area contributed by atoms with Gasteiger partial charge in [-0.2, -0.15) is 0 Å². The Labute approximate surface area is 162 Å². The SMILES string of the molecule is CCCCn1c(=O)c(OC(C)=O)c(OCc2ccccc2)c2ccc(O)cc21. The zero-order valence-corrected chi connectivity index (χ0v) is 16.0. The van der Waals surface area contributed by atoms with Gasteiger partial charge in [0.05, 0.1) is 5.52 Å². The normalized spacial score (nSPS) is 10.8. The highest BCUT2D eigenvalue weighted by atomic mass is 16.6. The third-order valence-corrected chi connectivity index (χ3v) is 4.37. The van der Waals surface area contributed by atoms with Crippen LogP contribution in [0.4, 0.5) is 0 Å². The molecule has 0 unspecified atom stereocenters. The number of pyridine rings is 1. The summed E-state index contributed by atoms with van der Waals surface area (Å²) >= 11 is 0. The first-order valence-corrected chi connectivity index (χ1v) is 9.26. The lowest BCUT2D eigenvalue weighted by atomic mass is 10.1. The molecule has 0 saturated carbocycles. The first kappa shape index (κ1) is 19.5. The third kappa shape index (κ3) is 4.17. The predicted molar refractivity (Wildman–Crippen MR) is 107 cm³/mol. The van der Waals surface area contributed by atoms with Crippen LogP contribution in [0.15, 0.2) is 53.3 Å². The Kier molecular flexibility index (Phi) is 5.99. The molecule has 3 rings (SSSR count). The second kappa shape index (κ2) is 8.61. The minimum absolute atomic E-state index is 0.0476. The highest BCUT2D eigenvalue weighted by Gasteiger charge is 2.21. The highest BCUT2D eigenvalue weighted by Crippen LogP contribution is 2.35. The Morgan fingerprint density at radius 1 is 1.11 bits per heavy atom. The lowest BCUT2D eigenvalue weighted by Crippen LogP contribution is -2.25. The second-order valence-corrected chi connectivity index (χ2v) is 6.54. The molecule has 1 heterocycles. The molecular formula is C22H23NO5. The molecule has 146 valence electrons. The zero-order chi connectivity index (χ0) is 20.1. The van der Waals surface area contributed by atoms with Gasteiger partial charge in [-0.25, -0.2) is 0 Å². The van der Waals surface area contributed by atoms with Gasteiger partial charge in [0.25, 0.3) is 5.56 Å². The van der Waals surface area contributed by atoms with E-state index in [1.807, 2.05) is 37.3 Å². The first-order valence-electron chi connectivity index (χ1n) is 9.26. The van der Waals surface area contributed by atoms with Crippen LogP contribution >= 0.6 is 0 Å². The number of ether oxygens (including phenoxy) is 2. The van der Waals surface area contributed by atoms with Crippen molar-refractivity contribution in [1.82, 2.24) is 4.57 Å². The maximum Gasteiger partial charge on any atom is 0.308 e. The quantitative estimate of drug-likeness (QED) is 0.626. The molecule has 1 aromatic heterocycles. The van der Waals surface area contributed by atoms with Gasteiger partial charge >= 0.3 is 5.97 Å². The average Bonchev–Trinajstić information content (AvgIpc) is 2.68. The summed E-state index contributed by atoms with van der Waals surface area (Å²) in [7, 11) is 0. The van der Waals surface area contributed by atoms with Crippen molar-refractivity contribution in [3.63, 3.8) is 0 Å². The molecule has 0 atom stereocenters. The summed E-state index contributed by atoms with van der Waals surface area (Å²) in [5.41, 5.74) is 1.00. The van der Waals surface area contributed by atoms with Crippen LogP contribution in [0.5, 0.6) is 17.2 Å². The first-order chi connectivity index (χ1) is 13.5. The van der Waals surface area contributed by atoms with E-state index in [2.05, 4.69) is 0 Å². The van der Waals surface area contributed by atoms with Gasteiger partial charge in [0, 0.05) is 24.9 Å². The van der Waals surface area contributed by atoms with Crippen LogP contribution < -0.4 is 15.0 Å². The van der Waals surface area contributed by atoms with Gasteiger partial charge in [-0.1, -0.05) is 43.7 Å². The summed E-state index contributed by atoms with van der Waals surface area (Å²) < 4.78 is 12.7. The molecule has 1 N–H and O–H groups in total. The fourth-order valence-electron chi connectivity index (χ4n) is 3.03. The molecule has 0 bridgehead atoms. The molecule has 0 amide bonds. The van der Waals surface area contributed by atoms with E-state index in [9.17, 15) is 14.7 Å². The van der Waals surface area contributed by atoms with Crippen LogP contribution in [-0.2, 0) is 17.9 Å². The van der Waals surface area contributed by atoms with Crippen molar-refractivity contribution in [3.8, 4) is 17.2 Å². The summed E-state index contributed by atoms with van der Waals surface area (Å²) in [6, 6.07) is 14.2.